The summed E-state index contributed by atoms with van der Waals surface area (Å²) in [5, 5.41) is 23.6. The van der Waals surface area contributed by atoms with E-state index in [4.69, 9.17) is 4.74 Å². The van der Waals surface area contributed by atoms with Crippen LogP contribution in [-0.4, -0.2) is 46.9 Å². The van der Waals surface area contributed by atoms with Gasteiger partial charge in [0.05, 0.1) is 25.2 Å². The topological polar surface area (TPSA) is 95.9 Å². The lowest BCUT2D eigenvalue weighted by atomic mass is 10.0. The van der Waals surface area contributed by atoms with E-state index in [1.54, 1.807) is 0 Å². The summed E-state index contributed by atoms with van der Waals surface area (Å²) < 4.78 is 5.92. The molecule has 0 aliphatic heterocycles. The van der Waals surface area contributed by atoms with E-state index in [1.165, 1.54) is 154 Å². The summed E-state index contributed by atoms with van der Waals surface area (Å²) in [5.74, 6) is -0.470. The monoisotopic (exact) mass is 778 g/mol. The predicted molar refractivity (Wildman–Crippen MR) is 237 cm³/mol. The van der Waals surface area contributed by atoms with Crippen molar-refractivity contribution in [2.24, 2.45) is 0 Å². The van der Waals surface area contributed by atoms with Gasteiger partial charge in [-0.1, -0.05) is 213 Å². The standard InChI is InChI=1S/C49H95NO5/c1-4-7-10-13-16-19-21-23-24-25-26-29-31-34-37-40-45(55-49(54)42-39-36-33-30-27-22-20-17-14-11-8-5-2)43-48(53)50-46(44-51)47(52)41-38-35-32-28-18-15-12-9-6-3/h23-24,45-47,51-52H,4-22,25-44H2,1-3H3,(H,50,53)/b24-23+. The summed E-state index contributed by atoms with van der Waals surface area (Å²) in [6.45, 7) is 6.46. The van der Waals surface area contributed by atoms with Gasteiger partial charge in [-0.15, -0.1) is 0 Å². The Hall–Kier alpha value is -1.40. The number of nitrogens with one attached hydrogen (secondary N) is 1. The summed E-state index contributed by atoms with van der Waals surface area (Å²) in [5.41, 5.74) is 0. The number of ether oxygens (including phenoxy) is 1. The lowest BCUT2D eigenvalue weighted by molar-refractivity contribution is -0.151. The number of aliphatic hydroxyl groups is 2. The van der Waals surface area contributed by atoms with Gasteiger partial charge in [0, 0.05) is 6.42 Å². The molecule has 0 saturated carbocycles. The number of esters is 1. The normalized spacial score (nSPS) is 13.3. The molecule has 6 nitrogen and oxygen atoms in total. The molecule has 0 aromatic rings. The second kappa shape index (κ2) is 43.7. The van der Waals surface area contributed by atoms with E-state index in [0.29, 0.717) is 19.3 Å². The number of allylic oxidation sites excluding steroid dienone is 2. The van der Waals surface area contributed by atoms with Crippen molar-refractivity contribution in [1.29, 1.82) is 0 Å². The fourth-order valence-electron chi connectivity index (χ4n) is 7.60. The highest BCUT2D eigenvalue weighted by Gasteiger charge is 2.24. The minimum Gasteiger partial charge on any atom is -0.462 e. The summed E-state index contributed by atoms with van der Waals surface area (Å²) in [6.07, 6.45) is 47.0. The number of aliphatic hydroxyl groups excluding tert-OH is 2. The fourth-order valence-corrected chi connectivity index (χ4v) is 7.60. The van der Waals surface area contributed by atoms with Gasteiger partial charge >= 0.3 is 5.97 Å². The van der Waals surface area contributed by atoms with Crippen LogP contribution in [0.1, 0.15) is 265 Å². The maximum atomic E-state index is 13.1. The summed E-state index contributed by atoms with van der Waals surface area (Å²) in [4.78, 5) is 26.0. The molecule has 0 heterocycles. The van der Waals surface area contributed by atoms with Crippen molar-refractivity contribution >= 4 is 11.9 Å². The Kier molecular flexibility index (Phi) is 42.6. The van der Waals surface area contributed by atoms with Gasteiger partial charge in [-0.3, -0.25) is 9.59 Å². The van der Waals surface area contributed by atoms with Crippen molar-refractivity contribution in [1.82, 2.24) is 5.32 Å². The Morgan fingerprint density at radius 1 is 0.509 bits per heavy atom. The molecule has 0 aliphatic rings. The summed E-state index contributed by atoms with van der Waals surface area (Å²) in [7, 11) is 0. The van der Waals surface area contributed by atoms with Gasteiger partial charge in [-0.05, 0) is 51.4 Å². The molecule has 55 heavy (non-hydrogen) atoms. The van der Waals surface area contributed by atoms with Crippen molar-refractivity contribution in [3.63, 3.8) is 0 Å². The van der Waals surface area contributed by atoms with Crippen molar-refractivity contribution in [2.75, 3.05) is 6.61 Å². The van der Waals surface area contributed by atoms with E-state index >= 15 is 0 Å². The molecule has 3 atom stereocenters. The molecule has 3 unspecified atom stereocenters. The van der Waals surface area contributed by atoms with Gasteiger partial charge in [-0.2, -0.15) is 0 Å². The van der Waals surface area contributed by atoms with Crippen LogP contribution in [0.4, 0.5) is 0 Å². The Labute approximate surface area is 342 Å². The molecule has 326 valence electrons. The molecular formula is C49H95NO5. The maximum absolute atomic E-state index is 13.1. The van der Waals surface area contributed by atoms with Gasteiger partial charge in [0.1, 0.15) is 6.10 Å². The van der Waals surface area contributed by atoms with Crippen molar-refractivity contribution in [2.45, 2.75) is 283 Å². The largest absolute Gasteiger partial charge is 0.462 e. The first kappa shape index (κ1) is 53.6. The van der Waals surface area contributed by atoms with Gasteiger partial charge in [-0.25, -0.2) is 0 Å². The number of carbonyl (C=O) groups excluding carboxylic acids is 2. The molecule has 3 N–H and O–H groups in total. The van der Waals surface area contributed by atoms with Crippen molar-refractivity contribution in [3.05, 3.63) is 12.2 Å². The van der Waals surface area contributed by atoms with Crippen molar-refractivity contribution in [3.8, 4) is 0 Å². The Balaban J connectivity index is 4.57. The highest BCUT2D eigenvalue weighted by Crippen LogP contribution is 2.18. The minimum absolute atomic E-state index is 0.0782. The molecule has 0 aromatic heterocycles. The van der Waals surface area contributed by atoms with E-state index in [-0.39, 0.29) is 24.9 Å². The zero-order valence-electron chi connectivity index (χ0n) is 37.1. The number of unbranched alkanes of at least 4 members (excludes halogenated alkanes) is 30. The van der Waals surface area contributed by atoms with Gasteiger partial charge in [0.2, 0.25) is 5.91 Å². The van der Waals surface area contributed by atoms with Crippen LogP contribution in [0.25, 0.3) is 0 Å². The number of amides is 1. The van der Waals surface area contributed by atoms with Gasteiger partial charge in [0.25, 0.3) is 0 Å². The minimum atomic E-state index is -0.782. The predicted octanol–water partition coefficient (Wildman–Crippen LogP) is 14.2. The molecule has 0 bridgehead atoms. The summed E-state index contributed by atoms with van der Waals surface area (Å²) >= 11 is 0. The molecule has 0 spiro atoms. The Morgan fingerprint density at radius 2 is 0.873 bits per heavy atom. The molecule has 0 radical (unpaired) electrons. The van der Waals surface area contributed by atoms with Crippen LogP contribution in [0.3, 0.4) is 0 Å². The first-order valence-corrected chi connectivity index (χ1v) is 24.4. The first-order valence-electron chi connectivity index (χ1n) is 24.4. The van der Waals surface area contributed by atoms with Crippen LogP contribution in [0.15, 0.2) is 12.2 Å². The van der Waals surface area contributed by atoms with Crippen molar-refractivity contribution < 1.29 is 24.5 Å². The van der Waals surface area contributed by atoms with Crippen LogP contribution >= 0.6 is 0 Å². The maximum Gasteiger partial charge on any atom is 0.306 e. The van der Waals surface area contributed by atoms with E-state index in [1.807, 2.05) is 0 Å². The lowest BCUT2D eigenvalue weighted by Crippen LogP contribution is -2.46. The quantitative estimate of drug-likeness (QED) is 0.0325. The second-order valence-electron chi connectivity index (χ2n) is 16.9. The molecule has 6 heteroatoms. The second-order valence-corrected chi connectivity index (χ2v) is 16.9. The third-order valence-corrected chi connectivity index (χ3v) is 11.3. The molecule has 0 aromatic carbocycles. The number of rotatable bonds is 44. The molecule has 0 rings (SSSR count). The van der Waals surface area contributed by atoms with E-state index in [0.717, 1.165) is 64.2 Å². The number of hydrogen-bond donors (Lipinski definition) is 3. The van der Waals surface area contributed by atoms with E-state index < -0.39 is 18.2 Å². The highest BCUT2D eigenvalue weighted by molar-refractivity contribution is 5.77. The third-order valence-electron chi connectivity index (χ3n) is 11.3. The van der Waals surface area contributed by atoms with Crippen LogP contribution < -0.4 is 5.32 Å². The Morgan fingerprint density at radius 3 is 1.29 bits per heavy atom. The Bertz CT molecular complexity index is 832. The molecule has 0 saturated heterocycles. The third kappa shape index (κ3) is 39.2. The average Bonchev–Trinajstić information content (AvgIpc) is 3.18. The van der Waals surface area contributed by atoms with Crippen LogP contribution in [0.5, 0.6) is 0 Å². The molecule has 0 fully saturated rings. The zero-order valence-corrected chi connectivity index (χ0v) is 37.1. The smallest absolute Gasteiger partial charge is 0.306 e. The molecule has 0 aliphatic carbocycles. The van der Waals surface area contributed by atoms with Gasteiger partial charge < -0.3 is 20.3 Å². The van der Waals surface area contributed by atoms with Gasteiger partial charge in [0.15, 0.2) is 0 Å². The lowest BCUT2D eigenvalue weighted by Gasteiger charge is -2.24. The summed E-state index contributed by atoms with van der Waals surface area (Å²) in [6, 6.07) is -0.696. The zero-order chi connectivity index (χ0) is 40.3. The highest BCUT2D eigenvalue weighted by atomic mass is 16.5. The molecule has 1 amide bonds. The SMILES string of the molecule is CCCCCCCC/C=C/CCCCCCCC(CC(=O)NC(CO)C(O)CCCCCCCCCCC)OC(=O)CCCCCCCCCCCCCC. The van der Waals surface area contributed by atoms with E-state index in [9.17, 15) is 19.8 Å². The number of hydrogen-bond acceptors (Lipinski definition) is 5. The number of carbonyl (C=O) groups is 2. The van der Waals surface area contributed by atoms with E-state index in [2.05, 4.69) is 38.2 Å². The van der Waals surface area contributed by atoms with Crippen LogP contribution in [0, 0.1) is 0 Å². The first-order chi connectivity index (χ1) is 27.0. The fraction of sp³-hybridized carbons (Fsp3) is 0.918. The molecular weight excluding hydrogens is 683 g/mol. The average molecular weight is 778 g/mol. The van der Waals surface area contributed by atoms with Crippen LogP contribution in [-0.2, 0) is 14.3 Å². The van der Waals surface area contributed by atoms with Crippen LogP contribution in [0.2, 0.25) is 0 Å².